The van der Waals surface area contributed by atoms with E-state index in [4.69, 9.17) is 4.74 Å². The molecule has 0 radical (unpaired) electrons. The molecule has 1 aliphatic rings. The minimum atomic E-state index is 0.928. The molecule has 0 atom stereocenters. The zero-order chi connectivity index (χ0) is 13.0. The average molecular weight is 249 g/mol. The normalized spacial score (nSPS) is 12.5. The van der Waals surface area contributed by atoms with Crippen LogP contribution in [0.15, 0.2) is 42.5 Å². The van der Waals surface area contributed by atoms with Crippen LogP contribution >= 0.6 is 0 Å². The van der Waals surface area contributed by atoms with E-state index in [0.29, 0.717) is 0 Å². The zero-order valence-electron chi connectivity index (χ0n) is 11.1. The van der Waals surface area contributed by atoms with Gasteiger partial charge in [-0.25, -0.2) is 0 Å². The van der Waals surface area contributed by atoms with Gasteiger partial charge in [0.2, 0.25) is 0 Å². The average Bonchev–Trinajstić information content (AvgIpc) is 2.96. The van der Waals surface area contributed by atoms with Gasteiger partial charge >= 0.3 is 0 Å². The molecule has 0 bridgehead atoms. The quantitative estimate of drug-likeness (QED) is 0.501. The Morgan fingerprint density at radius 2 is 1.95 bits per heavy atom. The molecule has 0 saturated carbocycles. The van der Waals surface area contributed by atoms with Gasteiger partial charge in [0.05, 0.1) is 12.8 Å². The third kappa shape index (κ3) is 1.31. The van der Waals surface area contributed by atoms with Crippen LogP contribution in [0.4, 0.5) is 0 Å². The van der Waals surface area contributed by atoms with Crippen LogP contribution in [0.1, 0.15) is 11.1 Å². The van der Waals surface area contributed by atoms with E-state index < -0.39 is 0 Å². The summed E-state index contributed by atoms with van der Waals surface area (Å²) in [6.45, 7) is 0. The first-order chi connectivity index (χ1) is 9.29. The van der Waals surface area contributed by atoms with Crippen molar-refractivity contribution in [2.24, 2.45) is 7.05 Å². The van der Waals surface area contributed by atoms with Gasteiger partial charge in [-0.1, -0.05) is 24.3 Å². The topological polar surface area (TPSA) is 14.2 Å². The van der Waals surface area contributed by atoms with Crippen LogP contribution < -0.4 is 4.74 Å². The Labute approximate surface area is 112 Å². The van der Waals surface area contributed by atoms with Gasteiger partial charge in [0.1, 0.15) is 5.75 Å². The summed E-state index contributed by atoms with van der Waals surface area (Å²) in [4.78, 5) is 0. The summed E-state index contributed by atoms with van der Waals surface area (Å²) in [6, 6.07) is 15.0. The Kier molecular flexibility index (Phi) is 2.05. The number of fused-ring (bicyclic) bond motifs is 5. The molecule has 0 saturated heterocycles. The summed E-state index contributed by atoms with van der Waals surface area (Å²) >= 11 is 0. The highest BCUT2D eigenvalue weighted by Crippen LogP contribution is 2.43. The third-order valence-corrected chi connectivity index (χ3v) is 4.15. The maximum Gasteiger partial charge on any atom is 0.119 e. The third-order valence-electron chi connectivity index (χ3n) is 4.15. The van der Waals surface area contributed by atoms with Gasteiger partial charge in [-0.15, -0.1) is 0 Å². The molecule has 4 rings (SSSR count). The Balaban J connectivity index is 2.07. The second-order valence-electron chi connectivity index (χ2n) is 5.10. The lowest BCUT2D eigenvalue weighted by Crippen LogP contribution is -1.92. The number of ether oxygens (including phenoxy) is 1. The van der Waals surface area contributed by atoms with E-state index in [9.17, 15) is 0 Å². The van der Waals surface area contributed by atoms with Crippen LogP contribution in [0.5, 0.6) is 5.75 Å². The molecule has 0 spiro atoms. The van der Waals surface area contributed by atoms with E-state index in [1.54, 1.807) is 7.11 Å². The number of hydrogen-bond acceptors (Lipinski definition) is 1. The number of methoxy groups -OCH3 is 1. The minimum Gasteiger partial charge on any atom is -0.497 e. The van der Waals surface area contributed by atoms with Crippen molar-refractivity contribution in [3.05, 3.63) is 53.6 Å². The molecule has 1 heterocycles. The smallest absolute Gasteiger partial charge is 0.119 e. The van der Waals surface area contributed by atoms with Crippen LogP contribution in [0.2, 0.25) is 0 Å². The Hall–Kier alpha value is -2.22. The van der Waals surface area contributed by atoms with Crippen LogP contribution in [0.3, 0.4) is 0 Å². The number of para-hydroxylation sites is 1. The SMILES string of the molecule is COc1ccc2c(c1)-c1c(c3ccccc3n1C)C2. The molecule has 0 unspecified atom stereocenters. The van der Waals surface area contributed by atoms with Crippen LogP contribution in [0, 0.1) is 0 Å². The van der Waals surface area contributed by atoms with Crippen molar-refractivity contribution in [1.29, 1.82) is 0 Å². The van der Waals surface area contributed by atoms with Crippen molar-refractivity contribution in [1.82, 2.24) is 4.57 Å². The van der Waals surface area contributed by atoms with E-state index in [2.05, 4.69) is 48.0 Å². The maximum absolute atomic E-state index is 5.36. The largest absolute Gasteiger partial charge is 0.497 e. The highest BCUT2D eigenvalue weighted by atomic mass is 16.5. The summed E-state index contributed by atoms with van der Waals surface area (Å²) in [6.07, 6.45) is 1.02. The summed E-state index contributed by atoms with van der Waals surface area (Å²) < 4.78 is 7.66. The number of aryl methyl sites for hydroxylation is 1. The second kappa shape index (κ2) is 3.64. The van der Waals surface area contributed by atoms with E-state index in [1.165, 1.54) is 33.3 Å². The predicted molar refractivity (Wildman–Crippen MR) is 77.7 cm³/mol. The number of nitrogens with zero attached hydrogens (tertiary/aromatic N) is 1. The first kappa shape index (κ1) is 10.7. The van der Waals surface area contributed by atoms with Gasteiger partial charge in [0.25, 0.3) is 0 Å². The molecule has 2 nitrogen and oxygen atoms in total. The highest BCUT2D eigenvalue weighted by molar-refractivity contribution is 5.95. The molecule has 0 aliphatic heterocycles. The molecule has 2 heteroatoms. The molecule has 1 aliphatic carbocycles. The lowest BCUT2D eigenvalue weighted by atomic mass is 10.1. The van der Waals surface area contributed by atoms with Crippen molar-refractivity contribution >= 4 is 10.9 Å². The lowest BCUT2D eigenvalue weighted by molar-refractivity contribution is 0.415. The lowest BCUT2D eigenvalue weighted by Gasteiger charge is -2.07. The van der Waals surface area contributed by atoms with Crippen LogP contribution in [-0.4, -0.2) is 11.7 Å². The van der Waals surface area contributed by atoms with Crippen molar-refractivity contribution in [2.75, 3.05) is 7.11 Å². The van der Waals surface area contributed by atoms with E-state index in [1.807, 2.05) is 6.07 Å². The molecular formula is C17H15NO. The van der Waals surface area contributed by atoms with Gasteiger partial charge in [-0.2, -0.15) is 0 Å². The van der Waals surface area contributed by atoms with Gasteiger partial charge < -0.3 is 9.30 Å². The molecule has 2 aromatic carbocycles. The van der Waals surface area contributed by atoms with Crippen LogP contribution in [0.25, 0.3) is 22.2 Å². The molecule has 1 aromatic heterocycles. The summed E-state index contributed by atoms with van der Waals surface area (Å²) in [5.74, 6) is 0.928. The zero-order valence-corrected chi connectivity index (χ0v) is 11.1. The molecule has 0 N–H and O–H groups in total. The van der Waals surface area contributed by atoms with Gasteiger partial charge in [-0.05, 0) is 29.3 Å². The van der Waals surface area contributed by atoms with Crippen molar-refractivity contribution < 1.29 is 4.74 Å². The van der Waals surface area contributed by atoms with Gasteiger partial charge in [0.15, 0.2) is 0 Å². The second-order valence-corrected chi connectivity index (χ2v) is 5.10. The molecule has 0 fully saturated rings. The van der Waals surface area contributed by atoms with Crippen molar-refractivity contribution in [3.8, 4) is 17.0 Å². The monoisotopic (exact) mass is 249 g/mol. The number of hydrogen-bond donors (Lipinski definition) is 0. The predicted octanol–water partition coefficient (Wildman–Crippen LogP) is 3.76. The first-order valence-corrected chi connectivity index (χ1v) is 6.53. The maximum atomic E-state index is 5.36. The van der Waals surface area contributed by atoms with Crippen LogP contribution in [-0.2, 0) is 13.5 Å². The molecule has 0 amide bonds. The van der Waals surface area contributed by atoms with Gasteiger partial charge in [0, 0.05) is 29.9 Å². The Morgan fingerprint density at radius 1 is 1.11 bits per heavy atom. The number of benzene rings is 2. The van der Waals surface area contributed by atoms with E-state index >= 15 is 0 Å². The molecule has 3 aromatic rings. The fourth-order valence-corrected chi connectivity index (χ4v) is 3.24. The fraction of sp³-hybridized carbons (Fsp3) is 0.176. The summed E-state index contributed by atoms with van der Waals surface area (Å²) in [7, 11) is 3.87. The molecule has 19 heavy (non-hydrogen) atoms. The first-order valence-electron chi connectivity index (χ1n) is 6.53. The minimum absolute atomic E-state index is 0.928. The Morgan fingerprint density at radius 3 is 2.79 bits per heavy atom. The number of aromatic nitrogens is 1. The Bertz CT molecular complexity index is 798. The van der Waals surface area contributed by atoms with Gasteiger partial charge in [-0.3, -0.25) is 0 Å². The van der Waals surface area contributed by atoms with E-state index in [0.717, 1.165) is 12.2 Å². The van der Waals surface area contributed by atoms with Crippen molar-refractivity contribution in [3.63, 3.8) is 0 Å². The fourth-order valence-electron chi connectivity index (χ4n) is 3.24. The molecular weight excluding hydrogens is 234 g/mol. The van der Waals surface area contributed by atoms with E-state index in [-0.39, 0.29) is 0 Å². The van der Waals surface area contributed by atoms with Crippen molar-refractivity contribution in [2.45, 2.75) is 6.42 Å². The highest BCUT2D eigenvalue weighted by Gasteiger charge is 2.25. The standard InChI is InChI=1S/C17H15NO/c1-18-16-6-4-3-5-13(16)15-9-11-7-8-12(19-2)10-14(11)17(15)18/h3-8,10H,9H2,1-2H3. The summed E-state index contributed by atoms with van der Waals surface area (Å²) in [5.41, 5.74) is 6.80. The number of rotatable bonds is 1. The molecule has 94 valence electrons. The summed E-state index contributed by atoms with van der Waals surface area (Å²) in [5, 5.41) is 1.37.